The first-order chi connectivity index (χ1) is 13.1. The van der Waals surface area contributed by atoms with Crippen LogP contribution >= 0.6 is 11.6 Å². The molecule has 0 saturated heterocycles. The molecule has 0 amide bonds. The van der Waals surface area contributed by atoms with Crippen LogP contribution in [0.15, 0.2) is 72.8 Å². The number of nitrogens with zero attached hydrogens (tertiary/aromatic N) is 2. The zero-order valence-corrected chi connectivity index (χ0v) is 15.3. The molecule has 0 bridgehead atoms. The molecule has 1 atom stereocenters. The Morgan fingerprint density at radius 1 is 0.963 bits per heavy atom. The topological polar surface area (TPSA) is 38.1 Å². The van der Waals surface area contributed by atoms with Crippen LogP contribution in [0.25, 0.3) is 11.0 Å². The maximum Gasteiger partial charge on any atom is 0.129 e. The smallest absolute Gasteiger partial charge is 0.129 e. The third-order valence-corrected chi connectivity index (χ3v) is 4.88. The molecule has 3 nitrogen and oxygen atoms in total. The monoisotopic (exact) mass is 380 g/mol. The van der Waals surface area contributed by atoms with Gasteiger partial charge in [0, 0.05) is 23.6 Å². The van der Waals surface area contributed by atoms with Crippen LogP contribution in [0.5, 0.6) is 0 Å². The predicted molar refractivity (Wildman–Crippen MR) is 105 cm³/mol. The molecule has 0 radical (unpaired) electrons. The van der Waals surface area contributed by atoms with Crippen LogP contribution in [0.1, 0.15) is 23.1 Å². The highest BCUT2D eigenvalue weighted by Gasteiger charge is 2.18. The molecule has 0 aliphatic heterocycles. The van der Waals surface area contributed by atoms with Crippen molar-refractivity contribution in [1.82, 2.24) is 9.55 Å². The SMILES string of the molecule is O[C@@H](Cc1nc2ccccc2n1Cc1ccc(Cl)cc1)c1ccccc1F. The number of fused-ring (bicyclic) bond motifs is 1. The molecule has 1 heterocycles. The Morgan fingerprint density at radius 3 is 2.44 bits per heavy atom. The summed E-state index contributed by atoms with van der Waals surface area (Å²) in [5, 5.41) is 11.3. The summed E-state index contributed by atoms with van der Waals surface area (Å²) in [6.07, 6.45) is -0.740. The van der Waals surface area contributed by atoms with Crippen LogP contribution in [0.3, 0.4) is 0 Å². The molecule has 4 rings (SSSR count). The molecule has 0 spiro atoms. The lowest BCUT2D eigenvalue weighted by atomic mass is 10.1. The van der Waals surface area contributed by atoms with Crippen molar-refractivity contribution in [2.75, 3.05) is 0 Å². The summed E-state index contributed by atoms with van der Waals surface area (Å²) in [7, 11) is 0. The third-order valence-electron chi connectivity index (χ3n) is 4.63. The Kier molecular flexibility index (Phi) is 4.92. The first-order valence-electron chi connectivity index (χ1n) is 8.73. The normalized spacial score (nSPS) is 12.4. The third kappa shape index (κ3) is 3.72. The molecule has 0 unspecified atom stereocenters. The van der Waals surface area contributed by atoms with Crippen molar-refractivity contribution < 1.29 is 9.50 Å². The summed E-state index contributed by atoms with van der Waals surface area (Å²) in [5.41, 5.74) is 3.18. The minimum Gasteiger partial charge on any atom is -0.388 e. The van der Waals surface area contributed by atoms with E-state index in [0.29, 0.717) is 17.4 Å². The van der Waals surface area contributed by atoms with Gasteiger partial charge in [0.2, 0.25) is 0 Å². The molecule has 0 saturated carbocycles. The zero-order valence-electron chi connectivity index (χ0n) is 14.5. The number of halogens is 2. The number of para-hydroxylation sites is 2. The van der Waals surface area contributed by atoms with E-state index >= 15 is 0 Å². The summed E-state index contributed by atoms with van der Waals surface area (Å²) >= 11 is 5.98. The summed E-state index contributed by atoms with van der Waals surface area (Å²) in [6.45, 7) is 0.594. The highest BCUT2D eigenvalue weighted by Crippen LogP contribution is 2.25. The van der Waals surface area contributed by atoms with Gasteiger partial charge in [-0.2, -0.15) is 0 Å². The van der Waals surface area contributed by atoms with Crippen LogP contribution in [-0.4, -0.2) is 14.7 Å². The fourth-order valence-corrected chi connectivity index (χ4v) is 3.38. The number of aliphatic hydroxyl groups is 1. The average Bonchev–Trinajstić information content (AvgIpc) is 3.01. The minimum absolute atomic E-state index is 0.225. The largest absolute Gasteiger partial charge is 0.388 e. The molecule has 1 N–H and O–H groups in total. The van der Waals surface area contributed by atoms with Crippen LogP contribution in [-0.2, 0) is 13.0 Å². The lowest BCUT2D eigenvalue weighted by Gasteiger charge is -2.14. The predicted octanol–water partition coefficient (Wildman–Crippen LogP) is 5.15. The number of aliphatic hydroxyl groups excluding tert-OH is 1. The van der Waals surface area contributed by atoms with E-state index in [1.54, 1.807) is 18.2 Å². The molecule has 0 aliphatic rings. The van der Waals surface area contributed by atoms with Crippen molar-refractivity contribution in [2.24, 2.45) is 0 Å². The van der Waals surface area contributed by atoms with E-state index in [4.69, 9.17) is 11.6 Å². The Labute approximate surface area is 161 Å². The number of hydrogen-bond acceptors (Lipinski definition) is 2. The van der Waals surface area contributed by atoms with Gasteiger partial charge in [-0.1, -0.05) is 54.1 Å². The fourth-order valence-electron chi connectivity index (χ4n) is 3.26. The molecule has 4 aromatic rings. The molecule has 1 aromatic heterocycles. The molecule has 0 fully saturated rings. The number of rotatable bonds is 5. The van der Waals surface area contributed by atoms with Crippen LogP contribution in [0.4, 0.5) is 4.39 Å². The highest BCUT2D eigenvalue weighted by molar-refractivity contribution is 6.30. The van der Waals surface area contributed by atoms with Crippen molar-refractivity contribution in [2.45, 2.75) is 19.1 Å². The van der Waals surface area contributed by atoms with E-state index in [1.165, 1.54) is 6.07 Å². The van der Waals surface area contributed by atoms with Crippen LogP contribution in [0, 0.1) is 5.82 Å². The summed E-state index contributed by atoms with van der Waals surface area (Å²) < 4.78 is 16.1. The zero-order chi connectivity index (χ0) is 18.8. The van der Waals surface area contributed by atoms with Gasteiger partial charge in [0.25, 0.3) is 0 Å². The van der Waals surface area contributed by atoms with Gasteiger partial charge < -0.3 is 9.67 Å². The number of aromatic nitrogens is 2. The second-order valence-electron chi connectivity index (χ2n) is 6.47. The van der Waals surface area contributed by atoms with E-state index in [9.17, 15) is 9.50 Å². The van der Waals surface area contributed by atoms with Gasteiger partial charge in [0.05, 0.1) is 17.1 Å². The molecule has 27 heavy (non-hydrogen) atoms. The number of imidazole rings is 1. The Morgan fingerprint density at radius 2 is 1.67 bits per heavy atom. The maximum atomic E-state index is 14.0. The molecule has 3 aromatic carbocycles. The van der Waals surface area contributed by atoms with Gasteiger partial charge in [0.1, 0.15) is 11.6 Å². The maximum absolute atomic E-state index is 14.0. The second kappa shape index (κ2) is 7.51. The van der Waals surface area contributed by atoms with Crippen molar-refractivity contribution in [3.8, 4) is 0 Å². The van der Waals surface area contributed by atoms with Gasteiger partial charge in [-0.15, -0.1) is 0 Å². The number of hydrogen-bond donors (Lipinski definition) is 1. The average molecular weight is 381 g/mol. The fraction of sp³-hybridized carbons (Fsp3) is 0.136. The Balaban J connectivity index is 1.71. The van der Waals surface area contributed by atoms with Crippen molar-refractivity contribution in [3.05, 3.63) is 101 Å². The first kappa shape index (κ1) is 17.7. The minimum atomic E-state index is -0.966. The van der Waals surface area contributed by atoms with Gasteiger partial charge in [-0.3, -0.25) is 0 Å². The van der Waals surface area contributed by atoms with Gasteiger partial charge >= 0.3 is 0 Å². The van der Waals surface area contributed by atoms with Crippen molar-refractivity contribution >= 4 is 22.6 Å². The van der Waals surface area contributed by atoms with E-state index in [-0.39, 0.29) is 12.0 Å². The van der Waals surface area contributed by atoms with Crippen LogP contribution in [0.2, 0.25) is 5.02 Å². The molecule has 136 valence electrons. The lowest BCUT2D eigenvalue weighted by molar-refractivity contribution is 0.170. The van der Waals surface area contributed by atoms with E-state index in [2.05, 4.69) is 9.55 Å². The molecular weight excluding hydrogens is 363 g/mol. The van der Waals surface area contributed by atoms with E-state index < -0.39 is 11.9 Å². The Hall–Kier alpha value is -2.69. The van der Waals surface area contributed by atoms with E-state index in [1.807, 2.05) is 48.5 Å². The van der Waals surface area contributed by atoms with E-state index in [0.717, 1.165) is 16.6 Å². The van der Waals surface area contributed by atoms with Gasteiger partial charge in [0.15, 0.2) is 0 Å². The highest BCUT2D eigenvalue weighted by atomic mass is 35.5. The summed E-state index contributed by atoms with van der Waals surface area (Å²) in [6, 6.07) is 21.7. The van der Waals surface area contributed by atoms with Crippen molar-refractivity contribution in [1.29, 1.82) is 0 Å². The quantitative estimate of drug-likeness (QED) is 0.519. The second-order valence-corrected chi connectivity index (χ2v) is 6.91. The van der Waals surface area contributed by atoms with Crippen LogP contribution < -0.4 is 0 Å². The molecule has 5 heteroatoms. The Bertz CT molecular complexity index is 1080. The first-order valence-corrected chi connectivity index (χ1v) is 9.10. The molecular formula is C22H18ClFN2O. The molecule has 0 aliphatic carbocycles. The van der Waals surface area contributed by atoms with Gasteiger partial charge in [-0.25, -0.2) is 9.37 Å². The standard InChI is InChI=1S/C22H18ClFN2O/c23-16-11-9-15(10-12-16)14-26-20-8-4-3-7-19(20)25-22(26)13-21(27)17-5-1-2-6-18(17)24/h1-12,21,27H,13-14H2/t21-/m0/s1. The van der Waals surface area contributed by atoms with Crippen molar-refractivity contribution in [3.63, 3.8) is 0 Å². The van der Waals surface area contributed by atoms with Gasteiger partial charge in [-0.05, 0) is 35.9 Å². The number of benzene rings is 3. The lowest BCUT2D eigenvalue weighted by Crippen LogP contribution is -2.11. The summed E-state index contributed by atoms with van der Waals surface area (Å²) in [5.74, 6) is 0.298. The summed E-state index contributed by atoms with van der Waals surface area (Å²) in [4.78, 5) is 4.68.